The van der Waals surface area contributed by atoms with Gasteiger partial charge in [0.2, 0.25) is 0 Å². The predicted octanol–water partition coefficient (Wildman–Crippen LogP) is 2.90. The van der Waals surface area contributed by atoms with Crippen LogP contribution in [0.25, 0.3) is 0 Å². The van der Waals surface area contributed by atoms with Gasteiger partial charge >= 0.3 is 6.18 Å². The lowest BCUT2D eigenvalue weighted by Gasteiger charge is -2.16. The SMILES string of the molecule is Cc1sccc1C(CCC(F)(F)F)NN. The summed E-state index contributed by atoms with van der Waals surface area (Å²) in [6, 6.07) is 1.39. The van der Waals surface area contributed by atoms with E-state index in [9.17, 15) is 13.2 Å². The van der Waals surface area contributed by atoms with Gasteiger partial charge in [-0.05, 0) is 30.4 Å². The number of rotatable bonds is 4. The number of nitrogens with one attached hydrogen (secondary N) is 1. The maximum atomic E-state index is 12.0. The van der Waals surface area contributed by atoms with Gasteiger partial charge in [-0.1, -0.05) is 0 Å². The molecule has 0 radical (unpaired) electrons. The molecule has 1 atom stereocenters. The van der Waals surface area contributed by atoms with Crippen LogP contribution in [0.15, 0.2) is 11.4 Å². The van der Waals surface area contributed by atoms with Crippen molar-refractivity contribution in [2.75, 3.05) is 0 Å². The van der Waals surface area contributed by atoms with E-state index in [1.165, 1.54) is 11.3 Å². The summed E-state index contributed by atoms with van der Waals surface area (Å²) in [7, 11) is 0. The Bertz CT molecular complexity index is 309. The summed E-state index contributed by atoms with van der Waals surface area (Å²) in [5.74, 6) is 5.25. The Hall–Kier alpha value is -0.590. The van der Waals surface area contributed by atoms with Gasteiger partial charge in [-0.25, -0.2) is 0 Å². The van der Waals surface area contributed by atoms with Crippen LogP contribution in [0, 0.1) is 6.92 Å². The summed E-state index contributed by atoms with van der Waals surface area (Å²) in [5, 5.41) is 1.85. The molecule has 1 heterocycles. The molecule has 0 aliphatic heterocycles. The fourth-order valence-electron chi connectivity index (χ4n) is 1.39. The molecule has 0 aliphatic rings. The van der Waals surface area contributed by atoms with Crippen molar-refractivity contribution in [1.29, 1.82) is 0 Å². The van der Waals surface area contributed by atoms with E-state index in [2.05, 4.69) is 5.43 Å². The Balaban J connectivity index is 2.61. The zero-order valence-corrected chi connectivity index (χ0v) is 9.08. The molecule has 1 aromatic rings. The zero-order valence-electron chi connectivity index (χ0n) is 8.27. The summed E-state index contributed by atoms with van der Waals surface area (Å²) in [6.45, 7) is 1.87. The van der Waals surface area contributed by atoms with Crippen LogP contribution in [0.3, 0.4) is 0 Å². The molecule has 1 unspecified atom stereocenters. The Kier molecular flexibility index (Phi) is 4.12. The van der Waals surface area contributed by atoms with Gasteiger partial charge in [-0.15, -0.1) is 11.3 Å². The fraction of sp³-hybridized carbons (Fsp3) is 0.556. The Morgan fingerprint density at radius 3 is 2.60 bits per heavy atom. The molecule has 0 aliphatic carbocycles. The van der Waals surface area contributed by atoms with Crippen molar-refractivity contribution in [3.8, 4) is 0 Å². The molecule has 0 amide bonds. The largest absolute Gasteiger partial charge is 0.389 e. The number of nitrogens with two attached hydrogens (primary N) is 1. The summed E-state index contributed by atoms with van der Waals surface area (Å²) >= 11 is 1.50. The summed E-state index contributed by atoms with van der Waals surface area (Å²) in [4.78, 5) is 1.00. The highest BCUT2D eigenvalue weighted by atomic mass is 32.1. The van der Waals surface area contributed by atoms with Gasteiger partial charge in [0.1, 0.15) is 0 Å². The lowest BCUT2D eigenvalue weighted by atomic mass is 10.0. The smallest absolute Gasteiger partial charge is 0.271 e. The number of thiophene rings is 1. The van der Waals surface area contributed by atoms with Gasteiger partial charge in [0.15, 0.2) is 0 Å². The molecule has 0 fully saturated rings. The lowest BCUT2D eigenvalue weighted by Crippen LogP contribution is -2.29. The first-order valence-corrected chi connectivity index (χ1v) is 5.39. The van der Waals surface area contributed by atoms with Gasteiger partial charge in [0.25, 0.3) is 0 Å². The molecule has 86 valence electrons. The molecule has 2 nitrogen and oxygen atoms in total. The third kappa shape index (κ3) is 3.81. The highest BCUT2D eigenvalue weighted by Gasteiger charge is 2.28. The van der Waals surface area contributed by atoms with Crippen LogP contribution in [-0.4, -0.2) is 6.18 Å². The first-order chi connectivity index (χ1) is 6.94. The highest BCUT2D eigenvalue weighted by molar-refractivity contribution is 7.10. The predicted molar refractivity (Wildman–Crippen MR) is 54.4 cm³/mol. The van der Waals surface area contributed by atoms with E-state index >= 15 is 0 Å². The van der Waals surface area contributed by atoms with Gasteiger partial charge in [-0.3, -0.25) is 11.3 Å². The third-order valence-electron chi connectivity index (χ3n) is 2.19. The Labute approximate surface area is 90.3 Å². The van der Waals surface area contributed by atoms with Crippen LogP contribution in [0.5, 0.6) is 0 Å². The van der Waals surface area contributed by atoms with E-state index in [1.807, 2.05) is 12.3 Å². The van der Waals surface area contributed by atoms with Crippen LogP contribution in [0.4, 0.5) is 13.2 Å². The minimum absolute atomic E-state index is 0.0302. The van der Waals surface area contributed by atoms with E-state index in [4.69, 9.17) is 5.84 Å². The number of hydrogen-bond donors (Lipinski definition) is 2. The van der Waals surface area contributed by atoms with Crippen molar-refractivity contribution >= 4 is 11.3 Å². The fourth-order valence-corrected chi connectivity index (χ4v) is 2.16. The van der Waals surface area contributed by atoms with Crippen LogP contribution in [0.1, 0.15) is 29.3 Å². The molecule has 0 aromatic carbocycles. The average Bonchev–Trinajstić information content (AvgIpc) is 2.52. The van der Waals surface area contributed by atoms with Crippen molar-refractivity contribution in [3.05, 3.63) is 21.9 Å². The molecule has 0 bridgehead atoms. The first kappa shape index (κ1) is 12.5. The van der Waals surface area contributed by atoms with Crippen molar-refractivity contribution in [3.63, 3.8) is 0 Å². The minimum atomic E-state index is -4.13. The molecule has 1 rings (SSSR count). The topological polar surface area (TPSA) is 38.0 Å². The van der Waals surface area contributed by atoms with Crippen molar-refractivity contribution in [1.82, 2.24) is 5.43 Å². The second kappa shape index (κ2) is 4.96. The van der Waals surface area contributed by atoms with Gasteiger partial charge in [0, 0.05) is 17.3 Å². The molecular weight excluding hydrogens is 225 g/mol. The van der Waals surface area contributed by atoms with Crippen LogP contribution >= 0.6 is 11.3 Å². The number of hydrazine groups is 1. The quantitative estimate of drug-likeness (QED) is 0.625. The molecule has 15 heavy (non-hydrogen) atoms. The average molecular weight is 238 g/mol. The molecule has 0 saturated carbocycles. The van der Waals surface area contributed by atoms with Gasteiger partial charge < -0.3 is 0 Å². The zero-order chi connectivity index (χ0) is 11.5. The van der Waals surface area contributed by atoms with E-state index < -0.39 is 18.6 Å². The molecule has 6 heteroatoms. The monoisotopic (exact) mass is 238 g/mol. The van der Waals surface area contributed by atoms with E-state index in [1.54, 1.807) is 6.07 Å². The Morgan fingerprint density at radius 1 is 1.53 bits per heavy atom. The first-order valence-electron chi connectivity index (χ1n) is 4.51. The maximum Gasteiger partial charge on any atom is 0.389 e. The van der Waals surface area contributed by atoms with Crippen molar-refractivity contribution in [2.45, 2.75) is 32.0 Å². The van der Waals surface area contributed by atoms with Crippen LogP contribution in [0.2, 0.25) is 0 Å². The van der Waals surface area contributed by atoms with Crippen LogP contribution < -0.4 is 11.3 Å². The molecule has 0 spiro atoms. The van der Waals surface area contributed by atoms with Gasteiger partial charge in [0.05, 0.1) is 0 Å². The standard InChI is InChI=1S/C9H13F3N2S/c1-6-7(3-5-15-6)8(14-13)2-4-9(10,11)12/h3,5,8,14H,2,4,13H2,1H3. The van der Waals surface area contributed by atoms with Crippen molar-refractivity contribution < 1.29 is 13.2 Å². The van der Waals surface area contributed by atoms with Crippen LogP contribution in [-0.2, 0) is 0 Å². The molecule has 3 N–H and O–H groups in total. The number of halogens is 3. The summed E-state index contributed by atoms with van der Waals surface area (Å²) in [6.07, 6.45) is -4.98. The number of alkyl halides is 3. The molecule has 0 saturated heterocycles. The second-order valence-corrected chi connectivity index (χ2v) is 4.43. The maximum absolute atomic E-state index is 12.0. The summed E-state index contributed by atoms with van der Waals surface area (Å²) in [5.41, 5.74) is 3.28. The number of aryl methyl sites for hydroxylation is 1. The minimum Gasteiger partial charge on any atom is -0.271 e. The third-order valence-corrected chi connectivity index (χ3v) is 3.05. The molecule has 1 aromatic heterocycles. The second-order valence-electron chi connectivity index (χ2n) is 3.31. The van der Waals surface area contributed by atoms with E-state index in [0.717, 1.165) is 10.4 Å². The van der Waals surface area contributed by atoms with Gasteiger partial charge in [-0.2, -0.15) is 13.2 Å². The van der Waals surface area contributed by atoms with E-state index in [0.29, 0.717) is 0 Å². The Morgan fingerprint density at radius 2 is 2.20 bits per heavy atom. The number of hydrogen-bond acceptors (Lipinski definition) is 3. The summed E-state index contributed by atoms with van der Waals surface area (Å²) < 4.78 is 36.1. The molecular formula is C9H13F3N2S. The van der Waals surface area contributed by atoms with Crippen molar-refractivity contribution in [2.24, 2.45) is 5.84 Å². The highest BCUT2D eigenvalue weighted by Crippen LogP contribution is 2.30. The lowest BCUT2D eigenvalue weighted by molar-refractivity contribution is -0.136. The normalized spacial score (nSPS) is 14.2. The van der Waals surface area contributed by atoms with E-state index in [-0.39, 0.29) is 6.42 Å².